The van der Waals surface area contributed by atoms with E-state index >= 15 is 0 Å². The number of hydrogen-bond donors (Lipinski definition) is 1. The molecule has 4 nitrogen and oxygen atoms in total. The molecule has 2 spiro atoms. The Labute approximate surface area is 189 Å². The minimum atomic E-state index is -0.541. The first-order chi connectivity index (χ1) is 15.2. The maximum absolute atomic E-state index is 6.82. The van der Waals surface area contributed by atoms with E-state index in [2.05, 4.69) is 63.0 Å². The first kappa shape index (κ1) is 18.8. The molecule has 6 aliphatic rings. The van der Waals surface area contributed by atoms with Gasteiger partial charge in [-0.05, 0) is 80.1 Å². The van der Waals surface area contributed by atoms with Gasteiger partial charge in [0.15, 0.2) is 5.79 Å². The van der Waals surface area contributed by atoms with Crippen LogP contribution in [0.25, 0.3) is 10.9 Å². The Morgan fingerprint density at radius 2 is 1.84 bits per heavy atom. The first-order valence-corrected chi connectivity index (χ1v) is 12.6. The number of para-hydroxylation sites is 1. The SMILES string of the molecule is CC1(C)OC23CCC4(C)C(CCC5Cc6c([nH]c7ccccc67)[C@@]54C)C2=C[C@]2(CO2)C1O3. The van der Waals surface area contributed by atoms with Gasteiger partial charge in [-0.25, -0.2) is 0 Å². The Morgan fingerprint density at radius 3 is 2.66 bits per heavy atom. The van der Waals surface area contributed by atoms with E-state index in [1.54, 1.807) is 5.56 Å². The topological polar surface area (TPSA) is 46.8 Å². The fourth-order valence-corrected chi connectivity index (χ4v) is 9.09. The number of epoxide rings is 1. The van der Waals surface area contributed by atoms with Crippen molar-refractivity contribution >= 4 is 10.9 Å². The molecular formula is C28H33NO3. The summed E-state index contributed by atoms with van der Waals surface area (Å²) in [5.74, 6) is 0.625. The van der Waals surface area contributed by atoms with E-state index in [-0.39, 0.29) is 28.1 Å². The number of H-pyrrole nitrogens is 1. The molecule has 168 valence electrons. The van der Waals surface area contributed by atoms with Crippen LogP contribution in [0.3, 0.4) is 0 Å². The zero-order valence-corrected chi connectivity index (χ0v) is 19.6. The van der Waals surface area contributed by atoms with Crippen LogP contribution in [-0.4, -0.2) is 34.7 Å². The summed E-state index contributed by atoms with van der Waals surface area (Å²) < 4.78 is 19.7. The predicted molar refractivity (Wildman–Crippen MR) is 122 cm³/mol. The van der Waals surface area contributed by atoms with Crippen molar-refractivity contribution in [3.8, 4) is 0 Å². The molecule has 1 N–H and O–H groups in total. The highest BCUT2D eigenvalue weighted by molar-refractivity contribution is 5.86. The molecule has 0 radical (unpaired) electrons. The lowest BCUT2D eigenvalue weighted by Crippen LogP contribution is -2.60. The molecule has 2 saturated carbocycles. The van der Waals surface area contributed by atoms with Crippen LogP contribution in [0.4, 0.5) is 0 Å². The summed E-state index contributed by atoms with van der Waals surface area (Å²) in [6.45, 7) is 10.3. The van der Waals surface area contributed by atoms with Crippen LogP contribution >= 0.6 is 0 Å². The van der Waals surface area contributed by atoms with Gasteiger partial charge in [-0.1, -0.05) is 32.0 Å². The zero-order valence-electron chi connectivity index (χ0n) is 19.6. The Hall–Kier alpha value is -1.62. The van der Waals surface area contributed by atoms with Gasteiger partial charge in [0, 0.05) is 28.4 Å². The molecule has 0 amide bonds. The molecule has 2 aromatic rings. The van der Waals surface area contributed by atoms with Crippen molar-refractivity contribution in [3.05, 3.63) is 47.2 Å². The predicted octanol–water partition coefficient (Wildman–Crippen LogP) is 5.41. The van der Waals surface area contributed by atoms with E-state index in [1.165, 1.54) is 41.4 Å². The van der Waals surface area contributed by atoms with Crippen LogP contribution in [0.15, 0.2) is 35.9 Å². The number of aromatic amines is 1. The van der Waals surface area contributed by atoms with Gasteiger partial charge >= 0.3 is 0 Å². The first-order valence-electron chi connectivity index (χ1n) is 12.6. The molecule has 2 saturated heterocycles. The van der Waals surface area contributed by atoms with E-state index < -0.39 is 5.79 Å². The normalized spacial score (nSPS) is 49.4. The van der Waals surface area contributed by atoms with Crippen LogP contribution in [0, 0.1) is 17.3 Å². The van der Waals surface area contributed by atoms with Crippen LogP contribution in [0.2, 0.25) is 0 Å². The average molecular weight is 432 g/mol. The van der Waals surface area contributed by atoms with E-state index in [1.807, 2.05) is 0 Å². The molecule has 32 heavy (non-hydrogen) atoms. The van der Waals surface area contributed by atoms with Crippen molar-refractivity contribution in [2.24, 2.45) is 17.3 Å². The zero-order chi connectivity index (χ0) is 21.7. The van der Waals surface area contributed by atoms with Crippen LogP contribution in [0.5, 0.6) is 0 Å². The molecule has 8 rings (SSSR count). The van der Waals surface area contributed by atoms with E-state index in [9.17, 15) is 0 Å². The van der Waals surface area contributed by atoms with Gasteiger partial charge in [0.2, 0.25) is 0 Å². The molecule has 3 aliphatic heterocycles. The highest BCUT2D eigenvalue weighted by Crippen LogP contribution is 2.71. The standard InChI is InChI=1S/C28H33NO3/c1-24(2)23-27(15-30-27)14-20-19-10-9-16-13-18-17-7-5-6-8-21(17)29-22(18)26(16,4)25(19,3)11-12-28(20,31-23)32-24/h5-8,14,16,19,23,29H,9-13,15H2,1-4H3/t16?,19?,23?,25?,26-,27+,28?/m1/s1. The smallest absolute Gasteiger partial charge is 0.192 e. The van der Waals surface area contributed by atoms with Crippen molar-refractivity contribution in [1.29, 1.82) is 0 Å². The largest absolute Gasteiger partial charge is 0.362 e. The molecule has 1 aromatic carbocycles. The third kappa shape index (κ3) is 1.85. The van der Waals surface area contributed by atoms with Crippen molar-refractivity contribution in [2.75, 3.05) is 6.61 Å². The lowest BCUT2D eigenvalue weighted by atomic mass is 9.44. The monoisotopic (exact) mass is 431 g/mol. The van der Waals surface area contributed by atoms with E-state index in [0.29, 0.717) is 11.8 Å². The number of nitrogens with one attached hydrogen (secondary N) is 1. The second-order valence-electron chi connectivity index (χ2n) is 12.5. The maximum atomic E-state index is 6.82. The third-order valence-electron chi connectivity index (χ3n) is 10.8. The highest BCUT2D eigenvalue weighted by atomic mass is 16.8. The van der Waals surface area contributed by atoms with Gasteiger partial charge < -0.3 is 19.2 Å². The van der Waals surface area contributed by atoms with Gasteiger partial charge in [-0.15, -0.1) is 0 Å². The van der Waals surface area contributed by atoms with E-state index in [0.717, 1.165) is 19.4 Å². The molecule has 1 aromatic heterocycles. The third-order valence-corrected chi connectivity index (χ3v) is 10.8. The van der Waals surface area contributed by atoms with Crippen molar-refractivity contribution in [2.45, 2.75) is 88.3 Å². The number of hydrogen-bond acceptors (Lipinski definition) is 3. The number of ether oxygens (including phenoxy) is 3. The summed E-state index contributed by atoms with van der Waals surface area (Å²) in [6.07, 6.45) is 8.25. The summed E-state index contributed by atoms with van der Waals surface area (Å²) in [6, 6.07) is 8.88. The minimum Gasteiger partial charge on any atom is -0.362 e. The fraction of sp³-hybridized carbons (Fsp3) is 0.643. The molecular weight excluding hydrogens is 398 g/mol. The molecule has 3 aliphatic carbocycles. The highest BCUT2D eigenvalue weighted by Gasteiger charge is 2.74. The molecule has 2 bridgehead atoms. The number of fused-ring (bicyclic) bond motifs is 10. The molecule has 5 unspecified atom stereocenters. The molecule has 4 heteroatoms. The lowest BCUT2D eigenvalue weighted by molar-refractivity contribution is -0.208. The number of aromatic nitrogens is 1. The van der Waals surface area contributed by atoms with Crippen LogP contribution in [0.1, 0.15) is 64.6 Å². The average Bonchev–Trinajstić information content (AvgIpc) is 3.22. The van der Waals surface area contributed by atoms with Gasteiger partial charge in [0.05, 0.1) is 12.2 Å². The van der Waals surface area contributed by atoms with Gasteiger partial charge in [0.1, 0.15) is 11.7 Å². The Morgan fingerprint density at radius 1 is 1.03 bits per heavy atom. The molecule has 4 fully saturated rings. The van der Waals surface area contributed by atoms with Gasteiger partial charge in [0.25, 0.3) is 0 Å². The maximum Gasteiger partial charge on any atom is 0.192 e. The summed E-state index contributed by atoms with van der Waals surface area (Å²) in [5.41, 5.74) is 5.49. The summed E-state index contributed by atoms with van der Waals surface area (Å²) >= 11 is 0. The summed E-state index contributed by atoms with van der Waals surface area (Å²) in [7, 11) is 0. The second kappa shape index (κ2) is 5.21. The fourth-order valence-electron chi connectivity index (χ4n) is 9.09. The van der Waals surface area contributed by atoms with Crippen LogP contribution < -0.4 is 0 Å². The quantitative estimate of drug-likeness (QED) is 0.448. The van der Waals surface area contributed by atoms with Crippen molar-refractivity contribution < 1.29 is 14.2 Å². The molecule has 7 atom stereocenters. The Bertz CT molecular complexity index is 1220. The number of rotatable bonds is 0. The Kier molecular flexibility index (Phi) is 3.06. The van der Waals surface area contributed by atoms with Crippen molar-refractivity contribution in [3.63, 3.8) is 0 Å². The molecule has 4 heterocycles. The second-order valence-corrected chi connectivity index (χ2v) is 12.5. The van der Waals surface area contributed by atoms with Crippen molar-refractivity contribution in [1.82, 2.24) is 4.98 Å². The van der Waals surface area contributed by atoms with Gasteiger partial charge in [-0.2, -0.15) is 0 Å². The minimum absolute atomic E-state index is 0.00169. The lowest BCUT2D eigenvalue weighted by Gasteiger charge is -2.62. The Balaban J connectivity index is 1.30. The van der Waals surface area contributed by atoms with Gasteiger partial charge in [-0.3, -0.25) is 0 Å². The summed E-state index contributed by atoms with van der Waals surface area (Å²) in [4.78, 5) is 3.91. The van der Waals surface area contributed by atoms with Crippen LogP contribution in [-0.2, 0) is 26.0 Å². The number of benzene rings is 1. The summed E-state index contributed by atoms with van der Waals surface area (Å²) in [5, 5.41) is 1.43. The van der Waals surface area contributed by atoms with E-state index in [4.69, 9.17) is 14.2 Å².